The molecule has 2 aliphatic rings. The van der Waals surface area contributed by atoms with Gasteiger partial charge in [0.25, 0.3) is 5.91 Å². The van der Waals surface area contributed by atoms with Crippen LogP contribution in [0.4, 0.5) is 24.5 Å². The molecular formula is C31H34F3N7O. The average molecular weight is 578 g/mol. The molecule has 0 radical (unpaired) electrons. The minimum Gasteiger partial charge on any atom is -0.367 e. The van der Waals surface area contributed by atoms with Crippen molar-refractivity contribution in [2.75, 3.05) is 43.9 Å². The van der Waals surface area contributed by atoms with Crippen LogP contribution in [0, 0.1) is 6.92 Å². The summed E-state index contributed by atoms with van der Waals surface area (Å²) >= 11 is 0. The first-order valence-electron chi connectivity index (χ1n) is 14.1. The third-order valence-electron chi connectivity index (χ3n) is 8.34. The number of benzene rings is 2. The summed E-state index contributed by atoms with van der Waals surface area (Å²) in [6.07, 6.45) is -0.880. The summed E-state index contributed by atoms with van der Waals surface area (Å²) in [5, 5.41) is 10.8. The highest BCUT2D eigenvalue weighted by Crippen LogP contribution is 2.34. The maximum Gasteiger partial charge on any atom is 0.416 e. The van der Waals surface area contributed by atoms with Crippen LogP contribution >= 0.6 is 0 Å². The molecule has 2 aromatic carbocycles. The third-order valence-corrected chi connectivity index (χ3v) is 8.34. The standard InChI is InChI=1S/C31H34F3N7O/c1-19-27-12-21(15-35-29(27)38-37-19)17-41-9-6-22-4-5-23(13-28(22)41)30(42)36-25-11-20(10-24(14-25)31(32,33)34)16-40-8-7-26(18-40)39(2)3/h4-5,10-15,26H,6-9,16-18H2,1-3H3,(H,36,42)(H,35,37,38). The van der Waals surface area contributed by atoms with Gasteiger partial charge in [-0.05, 0) is 86.9 Å². The van der Waals surface area contributed by atoms with E-state index in [1.807, 2.05) is 39.3 Å². The third kappa shape index (κ3) is 5.84. The lowest BCUT2D eigenvalue weighted by atomic mass is 10.1. The van der Waals surface area contributed by atoms with Gasteiger partial charge in [-0.15, -0.1) is 0 Å². The van der Waals surface area contributed by atoms with Crippen LogP contribution in [-0.2, 0) is 25.7 Å². The molecule has 2 aromatic heterocycles. The molecule has 0 saturated carbocycles. The van der Waals surface area contributed by atoms with E-state index in [2.05, 4.69) is 41.3 Å². The molecular weight excluding hydrogens is 543 g/mol. The van der Waals surface area contributed by atoms with E-state index < -0.39 is 17.6 Å². The maximum atomic E-state index is 13.8. The number of nitrogens with zero attached hydrogens (tertiary/aromatic N) is 5. The van der Waals surface area contributed by atoms with Crippen LogP contribution in [0.15, 0.2) is 48.7 Å². The van der Waals surface area contributed by atoms with E-state index in [-0.39, 0.29) is 5.69 Å². The van der Waals surface area contributed by atoms with E-state index in [0.29, 0.717) is 30.3 Å². The first-order chi connectivity index (χ1) is 20.0. The van der Waals surface area contributed by atoms with Gasteiger partial charge in [0.15, 0.2) is 5.65 Å². The summed E-state index contributed by atoms with van der Waals surface area (Å²) in [6, 6.07) is 11.8. The molecule has 11 heteroatoms. The fraction of sp³-hybridized carbons (Fsp3) is 0.387. The molecule has 1 fully saturated rings. The van der Waals surface area contributed by atoms with Gasteiger partial charge in [-0.2, -0.15) is 18.3 Å². The van der Waals surface area contributed by atoms with Crippen molar-refractivity contribution in [3.63, 3.8) is 0 Å². The van der Waals surface area contributed by atoms with Gasteiger partial charge >= 0.3 is 6.18 Å². The van der Waals surface area contributed by atoms with Crippen LogP contribution < -0.4 is 10.2 Å². The van der Waals surface area contributed by atoms with E-state index in [4.69, 9.17) is 0 Å². The van der Waals surface area contributed by atoms with Crippen LogP contribution in [0.5, 0.6) is 0 Å². The van der Waals surface area contributed by atoms with Crippen LogP contribution in [0.1, 0.15) is 44.7 Å². The van der Waals surface area contributed by atoms with Crippen molar-refractivity contribution in [1.82, 2.24) is 25.0 Å². The smallest absolute Gasteiger partial charge is 0.367 e. The zero-order chi connectivity index (χ0) is 29.6. The monoisotopic (exact) mass is 577 g/mol. The Morgan fingerprint density at radius 1 is 1.10 bits per heavy atom. The van der Waals surface area contributed by atoms with Gasteiger partial charge in [-0.25, -0.2) is 4.98 Å². The Morgan fingerprint density at radius 3 is 2.69 bits per heavy atom. The van der Waals surface area contributed by atoms with Crippen LogP contribution in [0.3, 0.4) is 0 Å². The van der Waals surface area contributed by atoms with E-state index in [1.165, 1.54) is 6.07 Å². The molecule has 6 rings (SSSR count). The number of hydrogen-bond donors (Lipinski definition) is 2. The largest absolute Gasteiger partial charge is 0.416 e. The molecule has 4 aromatic rings. The number of aryl methyl sites for hydroxylation is 1. The number of amides is 1. The average Bonchev–Trinajstić information content (AvgIpc) is 3.67. The number of anilines is 2. The van der Waals surface area contributed by atoms with Gasteiger partial charge < -0.3 is 15.1 Å². The number of H-pyrrole nitrogens is 1. The SMILES string of the molecule is Cc1n[nH]c2ncc(CN3CCc4ccc(C(=O)Nc5cc(CN6CCC(N(C)C)C6)cc(C(F)(F)F)c5)cc43)cc12. The van der Waals surface area contributed by atoms with Gasteiger partial charge in [-0.1, -0.05) is 6.07 Å². The number of halogens is 3. The Kier molecular flexibility index (Phi) is 7.40. The zero-order valence-electron chi connectivity index (χ0n) is 23.9. The highest BCUT2D eigenvalue weighted by Gasteiger charge is 2.32. The molecule has 2 aliphatic heterocycles. The number of carbonyl (C=O) groups is 1. The number of fused-ring (bicyclic) bond motifs is 2. The van der Waals surface area contributed by atoms with Crippen LogP contribution in [0.25, 0.3) is 11.0 Å². The highest BCUT2D eigenvalue weighted by molar-refractivity contribution is 6.05. The van der Waals surface area contributed by atoms with Crippen molar-refractivity contribution in [2.45, 2.75) is 45.1 Å². The first-order valence-corrected chi connectivity index (χ1v) is 14.1. The topological polar surface area (TPSA) is 80.4 Å². The second-order valence-electron chi connectivity index (χ2n) is 11.6. The summed E-state index contributed by atoms with van der Waals surface area (Å²) in [6.45, 7) is 5.35. The zero-order valence-corrected chi connectivity index (χ0v) is 23.9. The Bertz CT molecular complexity index is 1630. The van der Waals surface area contributed by atoms with E-state index >= 15 is 0 Å². The fourth-order valence-electron chi connectivity index (χ4n) is 5.99. The fourth-order valence-corrected chi connectivity index (χ4v) is 5.99. The molecule has 0 aliphatic carbocycles. The Balaban J connectivity index is 1.20. The van der Waals surface area contributed by atoms with Crippen LogP contribution in [0.2, 0.25) is 0 Å². The minimum atomic E-state index is -4.52. The number of carbonyl (C=O) groups excluding carboxylic acids is 1. The number of aromatic nitrogens is 3. The molecule has 0 spiro atoms. The lowest BCUT2D eigenvalue weighted by Crippen LogP contribution is -2.31. The normalized spacial score (nSPS) is 17.4. The predicted octanol–water partition coefficient (Wildman–Crippen LogP) is 5.24. The lowest BCUT2D eigenvalue weighted by Gasteiger charge is -2.21. The molecule has 42 heavy (non-hydrogen) atoms. The Hall–Kier alpha value is -3.96. The summed E-state index contributed by atoms with van der Waals surface area (Å²) in [5.74, 6) is -0.444. The molecule has 1 atom stereocenters. The quantitative estimate of drug-likeness (QED) is 0.313. The summed E-state index contributed by atoms with van der Waals surface area (Å²) in [7, 11) is 4.03. The summed E-state index contributed by atoms with van der Waals surface area (Å²) in [5.41, 5.74) is 5.03. The molecule has 1 amide bonds. The van der Waals surface area contributed by atoms with Crippen LogP contribution in [-0.4, -0.2) is 70.7 Å². The van der Waals surface area contributed by atoms with Crippen molar-refractivity contribution >= 4 is 28.3 Å². The lowest BCUT2D eigenvalue weighted by molar-refractivity contribution is -0.137. The molecule has 1 saturated heterocycles. The van der Waals surface area contributed by atoms with E-state index in [9.17, 15) is 18.0 Å². The van der Waals surface area contributed by atoms with Crippen molar-refractivity contribution in [3.8, 4) is 0 Å². The Morgan fingerprint density at radius 2 is 1.93 bits per heavy atom. The highest BCUT2D eigenvalue weighted by atomic mass is 19.4. The summed E-state index contributed by atoms with van der Waals surface area (Å²) < 4.78 is 41.4. The van der Waals surface area contributed by atoms with Gasteiger partial charge in [0.1, 0.15) is 0 Å². The number of rotatable bonds is 7. The van der Waals surface area contributed by atoms with E-state index in [1.54, 1.807) is 12.1 Å². The number of likely N-dealkylation sites (tertiary alicyclic amines) is 1. The number of hydrogen-bond acceptors (Lipinski definition) is 6. The minimum absolute atomic E-state index is 0.139. The van der Waals surface area contributed by atoms with Gasteiger partial charge in [0.05, 0.1) is 11.3 Å². The van der Waals surface area contributed by atoms with Gasteiger partial charge in [0.2, 0.25) is 0 Å². The molecule has 4 heterocycles. The molecule has 0 bridgehead atoms. The first kappa shape index (κ1) is 28.2. The van der Waals surface area contributed by atoms with Crippen molar-refractivity contribution in [3.05, 3.63) is 82.2 Å². The predicted molar refractivity (Wildman–Crippen MR) is 157 cm³/mol. The number of alkyl halides is 3. The maximum absolute atomic E-state index is 13.8. The Labute approximate surface area is 242 Å². The number of pyridine rings is 1. The molecule has 220 valence electrons. The van der Waals surface area contributed by atoms with Crippen molar-refractivity contribution in [2.24, 2.45) is 0 Å². The number of aromatic amines is 1. The molecule has 8 nitrogen and oxygen atoms in total. The number of nitrogens with one attached hydrogen (secondary N) is 2. The molecule has 1 unspecified atom stereocenters. The van der Waals surface area contributed by atoms with E-state index in [0.717, 1.165) is 72.1 Å². The summed E-state index contributed by atoms with van der Waals surface area (Å²) in [4.78, 5) is 24.3. The second-order valence-corrected chi connectivity index (χ2v) is 11.6. The number of likely N-dealkylation sites (N-methyl/N-ethyl adjacent to an activating group) is 1. The second kappa shape index (κ2) is 11.0. The molecule has 2 N–H and O–H groups in total. The van der Waals surface area contributed by atoms with Crippen molar-refractivity contribution in [1.29, 1.82) is 0 Å². The van der Waals surface area contributed by atoms with Gasteiger partial charge in [-0.3, -0.25) is 14.8 Å². The van der Waals surface area contributed by atoms with Crippen molar-refractivity contribution < 1.29 is 18.0 Å². The van der Waals surface area contributed by atoms with Gasteiger partial charge in [0, 0.05) is 67.3 Å².